The predicted molar refractivity (Wildman–Crippen MR) is 123 cm³/mol. The monoisotopic (exact) mass is 427 g/mol. The van der Waals surface area contributed by atoms with Crippen molar-refractivity contribution in [3.63, 3.8) is 0 Å². The van der Waals surface area contributed by atoms with Gasteiger partial charge in [-0.2, -0.15) is 0 Å². The number of anilines is 1. The molecule has 2 fully saturated rings. The first-order valence-corrected chi connectivity index (χ1v) is 11.6. The standard InChI is InChI=1S/C26H37NO4/c1-18-15-20-16-23(29-2)9-10-24(20)26(28,17-18)21-5-7-22(8-6-21)27-13-11-19(12-14-27)25(30-3)31-4/h5-10,18-20,25,28H,11-17H2,1-4H3. The highest BCUT2D eigenvalue weighted by Gasteiger charge is 2.44. The molecule has 3 unspecified atom stereocenters. The quantitative estimate of drug-likeness (QED) is 0.672. The van der Waals surface area contributed by atoms with Gasteiger partial charge in [0.1, 0.15) is 5.60 Å². The average molecular weight is 428 g/mol. The van der Waals surface area contributed by atoms with Crippen molar-refractivity contribution in [1.82, 2.24) is 0 Å². The number of nitrogens with zero attached hydrogens (tertiary/aromatic N) is 1. The molecule has 170 valence electrons. The SMILES string of the molecule is COC1=CC=C2C(C1)CC(C)CC2(O)c1ccc(N2CCC(C(OC)OC)CC2)cc1. The topological polar surface area (TPSA) is 51.2 Å². The van der Waals surface area contributed by atoms with Gasteiger partial charge in [0.25, 0.3) is 0 Å². The number of aliphatic hydroxyl groups is 1. The molecule has 1 aliphatic heterocycles. The van der Waals surface area contributed by atoms with Gasteiger partial charge >= 0.3 is 0 Å². The minimum Gasteiger partial charge on any atom is -0.501 e. The van der Waals surface area contributed by atoms with Crippen LogP contribution in [0, 0.1) is 17.8 Å². The minimum atomic E-state index is -0.895. The Morgan fingerprint density at radius 2 is 1.71 bits per heavy atom. The van der Waals surface area contributed by atoms with E-state index in [4.69, 9.17) is 14.2 Å². The number of allylic oxidation sites excluding steroid dienone is 3. The van der Waals surface area contributed by atoms with Crippen LogP contribution in [0.2, 0.25) is 0 Å². The summed E-state index contributed by atoms with van der Waals surface area (Å²) in [4.78, 5) is 2.42. The molecule has 5 nitrogen and oxygen atoms in total. The fourth-order valence-electron chi connectivity index (χ4n) is 5.91. The first-order chi connectivity index (χ1) is 15.0. The minimum absolute atomic E-state index is 0.114. The summed E-state index contributed by atoms with van der Waals surface area (Å²) in [5.41, 5.74) is 2.47. The summed E-state index contributed by atoms with van der Waals surface area (Å²) in [6.07, 6.45) is 8.87. The molecule has 1 saturated carbocycles. The van der Waals surface area contributed by atoms with Crippen LogP contribution < -0.4 is 4.90 Å². The Morgan fingerprint density at radius 3 is 2.32 bits per heavy atom. The summed E-state index contributed by atoms with van der Waals surface area (Å²) in [5.74, 6) is 2.27. The number of ether oxygens (including phenoxy) is 3. The smallest absolute Gasteiger partial charge is 0.159 e. The highest BCUT2D eigenvalue weighted by molar-refractivity contribution is 5.51. The second kappa shape index (κ2) is 9.35. The third-order valence-electron chi connectivity index (χ3n) is 7.51. The van der Waals surface area contributed by atoms with Crippen molar-refractivity contribution in [2.24, 2.45) is 17.8 Å². The van der Waals surface area contributed by atoms with Crippen LogP contribution in [0.1, 0.15) is 44.6 Å². The second-order valence-electron chi connectivity index (χ2n) is 9.48. The molecule has 2 aliphatic carbocycles. The lowest BCUT2D eigenvalue weighted by Crippen LogP contribution is -2.40. The van der Waals surface area contributed by atoms with Crippen LogP contribution in [0.25, 0.3) is 0 Å². The van der Waals surface area contributed by atoms with Crippen molar-refractivity contribution in [2.45, 2.75) is 50.9 Å². The van der Waals surface area contributed by atoms with E-state index < -0.39 is 5.60 Å². The molecule has 1 aromatic rings. The van der Waals surface area contributed by atoms with E-state index >= 15 is 0 Å². The first kappa shape index (κ1) is 22.4. The van der Waals surface area contributed by atoms with Crippen molar-refractivity contribution in [1.29, 1.82) is 0 Å². The molecule has 5 heteroatoms. The summed E-state index contributed by atoms with van der Waals surface area (Å²) in [7, 11) is 5.16. The van der Waals surface area contributed by atoms with Crippen LogP contribution in [0.3, 0.4) is 0 Å². The molecule has 0 radical (unpaired) electrons. The molecule has 31 heavy (non-hydrogen) atoms. The Labute approximate surface area is 186 Å². The van der Waals surface area contributed by atoms with E-state index in [1.165, 1.54) is 5.69 Å². The lowest BCUT2D eigenvalue weighted by Gasteiger charge is -2.44. The molecular weight excluding hydrogens is 390 g/mol. The van der Waals surface area contributed by atoms with Crippen molar-refractivity contribution in [2.75, 3.05) is 39.3 Å². The number of hydrogen-bond acceptors (Lipinski definition) is 5. The number of hydrogen-bond donors (Lipinski definition) is 1. The Morgan fingerprint density at radius 1 is 1.03 bits per heavy atom. The third-order valence-corrected chi connectivity index (χ3v) is 7.51. The molecule has 0 bridgehead atoms. The largest absolute Gasteiger partial charge is 0.501 e. The lowest BCUT2D eigenvalue weighted by atomic mass is 9.64. The van der Waals surface area contributed by atoms with E-state index in [-0.39, 0.29) is 6.29 Å². The van der Waals surface area contributed by atoms with Crippen LogP contribution in [-0.4, -0.2) is 45.8 Å². The van der Waals surface area contributed by atoms with Crippen LogP contribution in [0.15, 0.2) is 47.7 Å². The fraction of sp³-hybridized carbons (Fsp3) is 0.615. The highest BCUT2D eigenvalue weighted by atomic mass is 16.7. The number of methoxy groups -OCH3 is 3. The maximum atomic E-state index is 11.8. The van der Waals surface area contributed by atoms with Crippen LogP contribution in [0.5, 0.6) is 0 Å². The second-order valence-corrected chi connectivity index (χ2v) is 9.48. The Kier molecular flexibility index (Phi) is 6.75. The average Bonchev–Trinajstić information content (AvgIpc) is 2.80. The molecule has 3 atom stereocenters. The molecule has 0 aromatic heterocycles. The zero-order valence-corrected chi connectivity index (χ0v) is 19.3. The summed E-state index contributed by atoms with van der Waals surface area (Å²) in [5, 5.41) is 11.8. The Hall–Kier alpha value is -1.82. The molecule has 3 aliphatic rings. The summed E-state index contributed by atoms with van der Waals surface area (Å²) in [6, 6.07) is 8.59. The molecular formula is C26H37NO4. The normalized spacial score (nSPS) is 29.4. The zero-order valence-electron chi connectivity index (χ0n) is 19.3. The number of fused-ring (bicyclic) bond motifs is 1. The van der Waals surface area contributed by atoms with Crippen LogP contribution in [0.4, 0.5) is 5.69 Å². The van der Waals surface area contributed by atoms with Crippen molar-refractivity contribution >= 4 is 5.69 Å². The summed E-state index contributed by atoms with van der Waals surface area (Å²) in [6.45, 7) is 4.23. The van der Waals surface area contributed by atoms with Crippen LogP contribution in [-0.2, 0) is 19.8 Å². The first-order valence-electron chi connectivity index (χ1n) is 11.6. The molecule has 0 amide bonds. The third kappa shape index (κ3) is 4.41. The van der Waals surface area contributed by atoms with E-state index in [0.717, 1.165) is 62.1 Å². The summed E-state index contributed by atoms with van der Waals surface area (Å²) >= 11 is 0. The molecule has 4 rings (SSSR count). The van der Waals surface area contributed by atoms with Gasteiger partial charge in [0, 0.05) is 45.3 Å². The molecule has 1 saturated heterocycles. The van der Waals surface area contributed by atoms with Gasteiger partial charge in [0.2, 0.25) is 0 Å². The van der Waals surface area contributed by atoms with Gasteiger partial charge in [-0.05, 0) is 66.9 Å². The van der Waals surface area contributed by atoms with Gasteiger partial charge in [-0.25, -0.2) is 0 Å². The van der Waals surface area contributed by atoms with Gasteiger partial charge in [-0.3, -0.25) is 0 Å². The molecule has 0 spiro atoms. The maximum absolute atomic E-state index is 11.8. The van der Waals surface area contributed by atoms with Crippen molar-refractivity contribution in [3.8, 4) is 0 Å². The molecule has 1 aromatic carbocycles. The molecule has 1 N–H and O–H groups in total. The van der Waals surface area contributed by atoms with Gasteiger partial charge in [-0.1, -0.05) is 25.1 Å². The lowest BCUT2D eigenvalue weighted by molar-refractivity contribution is -0.141. The fourth-order valence-corrected chi connectivity index (χ4v) is 5.91. The Balaban J connectivity index is 1.50. The van der Waals surface area contributed by atoms with E-state index in [9.17, 15) is 5.11 Å². The van der Waals surface area contributed by atoms with Crippen LogP contribution >= 0.6 is 0 Å². The number of benzene rings is 1. The number of rotatable bonds is 6. The van der Waals surface area contributed by atoms with Gasteiger partial charge in [0.05, 0.1) is 12.9 Å². The van der Waals surface area contributed by atoms with E-state index in [1.807, 2.05) is 6.08 Å². The zero-order chi connectivity index (χ0) is 22.0. The predicted octanol–water partition coefficient (Wildman–Crippen LogP) is 4.62. The van der Waals surface area contributed by atoms with E-state index in [1.54, 1.807) is 21.3 Å². The molecule has 1 heterocycles. The van der Waals surface area contributed by atoms with Gasteiger partial charge in [0.15, 0.2) is 6.29 Å². The highest BCUT2D eigenvalue weighted by Crippen LogP contribution is 2.50. The van der Waals surface area contributed by atoms with E-state index in [2.05, 4.69) is 42.2 Å². The van der Waals surface area contributed by atoms with Crippen molar-refractivity contribution < 1.29 is 19.3 Å². The number of piperidine rings is 1. The maximum Gasteiger partial charge on any atom is 0.159 e. The van der Waals surface area contributed by atoms with Gasteiger partial charge in [-0.15, -0.1) is 0 Å². The van der Waals surface area contributed by atoms with Gasteiger partial charge < -0.3 is 24.2 Å². The summed E-state index contributed by atoms with van der Waals surface area (Å²) < 4.78 is 16.4. The Bertz CT molecular complexity index is 805. The van der Waals surface area contributed by atoms with Crippen molar-refractivity contribution in [3.05, 3.63) is 53.3 Å². The van der Waals surface area contributed by atoms with E-state index in [0.29, 0.717) is 17.8 Å².